The first-order chi connectivity index (χ1) is 10.6. The van der Waals surface area contributed by atoms with E-state index in [1.165, 1.54) is 0 Å². The van der Waals surface area contributed by atoms with Gasteiger partial charge in [0, 0.05) is 50.3 Å². The van der Waals surface area contributed by atoms with Crippen molar-refractivity contribution in [2.45, 2.75) is 32.7 Å². The summed E-state index contributed by atoms with van der Waals surface area (Å²) in [4.78, 5) is 22.0. The van der Waals surface area contributed by atoms with E-state index in [4.69, 9.17) is 0 Å². The lowest BCUT2D eigenvalue weighted by atomic mass is 10.0. The summed E-state index contributed by atoms with van der Waals surface area (Å²) in [5, 5.41) is 0. The van der Waals surface area contributed by atoms with Crippen LogP contribution in [-0.2, 0) is 0 Å². The van der Waals surface area contributed by atoms with Gasteiger partial charge in [0.25, 0.3) is 0 Å². The van der Waals surface area contributed by atoms with Crippen LogP contribution in [0.5, 0.6) is 0 Å². The van der Waals surface area contributed by atoms with Gasteiger partial charge in [0.05, 0.1) is 5.69 Å². The van der Waals surface area contributed by atoms with Crippen LogP contribution in [0.4, 0.5) is 11.6 Å². The van der Waals surface area contributed by atoms with Crippen LogP contribution >= 0.6 is 0 Å². The second-order valence-electron chi connectivity index (χ2n) is 5.81. The monoisotopic (exact) mass is 298 g/mol. The SMILES string of the molecule is Cc1cc(N(C)C2CCN(c3nccnc3C)CC2)ncn1. The molecule has 22 heavy (non-hydrogen) atoms. The van der Waals surface area contributed by atoms with Crippen LogP contribution in [0.15, 0.2) is 24.8 Å². The fourth-order valence-corrected chi connectivity index (χ4v) is 3.00. The molecule has 1 aliphatic heterocycles. The Morgan fingerprint density at radius 1 is 1.05 bits per heavy atom. The Balaban J connectivity index is 1.65. The van der Waals surface area contributed by atoms with Crippen molar-refractivity contribution in [2.75, 3.05) is 29.9 Å². The second-order valence-corrected chi connectivity index (χ2v) is 5.81. The zero-order valence-electron chi connectivity index (χ0n) is 13.4. The first-order valence-electron chi connectivity index (χ1n) is 7.69. The first kappa shape index (κ1) is 14.7. The van der Waals surface area contributed by atoms with E-state index in [1.54, 1.807) is 18.7 Å². The van der Waals surface area contributed by atoms with Crippen molar-refractivity contribution in [3.8, 4) is 0 Å². The van der Waals surface area contributed by atoms with Crippen LogP contribution in [0.3, 0.4) is 0 Å². The van der Waals surface area contributed by atoms with Crippen LogP contribution in [0.2, 0.25) is 0 Å². The maximum atomic E-state index is 4.47. The molecule has 3 heterocycles. The molecule has 2 aromatic rings. The van der Waals surface area contributed by atoms with Crippen LogP contribution in [0.25, 0.3) is 0 Å². The molecular weight excluding hydrogens is 276 g/mol. The van der Waals surface area contributed by atoms with Gasteiger partial charge in [-0.1, -0.05) is 0 Å². The van der Waals surface area contributed by atoms with E-state index in [1.807, 2.05) is 19.9 Å². The van der Waals surface area contributed by atoms with Gasteiger partial charge in [-0.05, 0) is 26.7 Å². The van der Waals surface area contributed by atoms with Crippen LogP contribution in [-0.4, -0.2) is 46.1 Å². The van der Waals surface area contributed by atoms with Gasteiger partial charge in [0.2, 0.25) is 0 Å². The van der Waals surface area contributed by atoms with E-state index >= 15 is 0 Å². The summed E-state index contributed by atoms with van der Waals surface area (Å²) in [7, 11) is 2.12. The maximum absolute atomic E-state index is 4.47. The number of rotatable bonds is 3. The Bertz CT molecular complexity index is 636. The molecule has 2 aromatic heterocycles. The molecule has 6 heteroatoms. The molecule has 0 N–H and O–H groups in total. The highest BCUT2D eigenvalue weighted by atomic mass is 15.2. The summed E-state index contributed by atoms with van der Waals surface area (Å²) in [5.74, 6) is 2.02. The third kappa shape index (κ3) is 3.00. The van der Waals surface area contributed by atoms with Crippen molar-refractivity contribution in [1.29, 1.82) is 0 Å². The van der Waals surface area contributed by atoms with Gasteiger partial charge in [-0.15, -0.1) is 0 Å². The molecular formula is C16H22N6. The molecule has 0 spiro atoms. The predicted molar refractivity (Wildman–Crippen MR) is 87.2 cm³/mol. The Labute approximate surface area is 131 Å². The van der Waals surface area contributed by atoms with E-state index in [0.29, 0.717) is 6.04 Å². The highest BCUT2D eigenvalue weighted by molar-refractivity contribution is 5.44. The van der Waals surface area contributed by atoms with E-state index in [2.05, 4.69) is 36.8 Å². The number of nitrogens with zero attached hydrogens (tertiary/aromatic N) is 6. The lowest BCUT2D eigenvalue weighted by Crippen LogP contribution is -2.44. The number of anilines is 2. The average Bonchev–Trinajstić information content (AvgIpc) is 2.55. The van der Waals surface area contributed by atoms with Crippen LogP contribution in [0.1, 0.15) is 24.2 Å². The molecule has 116 valence electrons. The largest absolute Gasteiger partial charge is 0.356 e. The molecule has 0 aliphatic carbocycles. The standard InChI is InChI=1S/C16H22N6/c1-12-10-15(20-11-19-12)21(3)14-4-8-22(9-5-14)16-13(2)17-6-7-18-16/h6-7,10-11,14H,4-5,8-9H2,1-3H3. The van der Waals surface area contributed by atoms with E-state index in [0.717, 1.165) is 49.0 Å². The third-order valence-electron chi connectivity index (χ3n) is 4.32. The quantitative estimate of drug-likeness (QED) is 0.863. The number of aromatic nitrogens is 4. The predicted octanol–water partition coefficient (Wildman–Crippen LogP) is 1.99. The van der Waals surface area contributed by atoms with Gasteiger partial charge < -0.3 is 9.80 Å². The summed E-state index contributed by atoms with van der Waals surface area (Å²) >= 11 is 0. The van der Waals surface area contributed by atoms with Gasteiger partial charge in [-0.2, -0.15) is 0 Å². The van der Waals surface area contributed by atoms with Gasteiger partial charge in [0.15, 0.2) is 0 Å². The highest BCUT2D eigenvalue weighted by Crippen LogP contribution is 2.24. The zero-order chi connectivity index (χ0) is 15.5. The van der Waals surface area contributed by atoms with Gasteiger partial charge in [-0.3, -0.25) is 4.98 Å². The molecule has 0 saturated carbocycles. The molecule has 0 atom stereocenters. The molecule has 1 fully saturated rings. The summed E-state index contributed by atoms with van der Waals surface area (Å²) in [6.45, 7) is 6.01. The minimum Gasteiger partial charge on any atom is -0.356 e. The topological polar surface area (TPSA) is 58.0 Å². The first-order valence-corrected chi connectivity index (χ1v) is 7.69. The van der Waals surface area contributed by atoms with E-state index < -0.39 is 0 Å². The average molecular weight is 298 g/mol. The van der Waals surface area contributed by atoms with Gasteiger partial charge in [0.1, 0.15) is 18.0 Å². The second kappa shape index (κ2) is 6.25. The van der Waals surface area contributed by atoms with Crippen molar-refractivity contribution in [2.24, 2.45) is 0 Å². The molecule has 0 amide bonds. The third-order valence-corrected chi connectivity index (χ3v) is 4.32. The Hall–Kier alpha value is -2.24. The molecule has 6 nitrogen and oxygen atoms in total. The lowest BCUT2D eigenvalue weighted by Gasteiger charge is -2.38. The molecule has 0 radical (unpaired) electrons. The summed E-state index contributed by atoms with van der Waals surface area (Å²) < 4.78 is 0. The van der Waals surface area contributed by atoms with Gasteiger partial charge >= 0.3 is 0 Å². The van der Waals surface area contributed by atoms with E-state index in [-0.39, 0.29) is 0 Å². The fraction of sp³-hybridized carbons (Fsp3) is 0.500. The smallest absolute Gasteiger partial charge is 0.150 e. The molecule has 1 saturated heterocycles. The minimum atomic E-state index is 0.502. The fourth-order valence-electron chi connectivity index (χ4n) is 3.00. The molecule has 0 aromatic carbocycles. The number of hydrogen-bond acceptors (Lipinski definition) is 6. The lowest BCUT2D eigenvalue weighted by molar-refractivity contribution is 0.477. The summed E-state index contributed by atoms with van der Waals surface area (Å²) in [5.41, 5.74) is 2.00. The molecule has 0 unspecified atom stereocenters. The molecule has 1 aliphatic rings. The van der Waals surface area contributed by atoms with E-state index in [9.17, 15) is 0 Å². The van der Waals surface area contributed by atoms with Crippen molar-refractivity contribution in [3.63, 3.8) is 0 Å². The normalized spacial score (nSPS) is 15.9. The van der Waals surface area contributed by atoms with Gasteiger partial charge in [-0.25, -0.2) is 15.0 Å². The number of piperidine rings is 1. The zero-order valence-corrected chi connectivity index (χ0v) is 13.4. The van der Waals surface area contributed by atoms with Crippen molar-refractivity contribution < 1.29 is 0 Å². The summed E-state index contributed by atoms with van der Waals surface area (Å²) in [6, 6.07) is 2.54. The van der Waals surface area contributed by atoms with Crippen LogP contribution < -0.4 is 9.80 Å². The Morgan fingerprint density at radius 2 is 1.77 bits per heavy atom. The Morgan fingerprint density at radius 3 is 2.45 bits per heavy atom. The minimum absolute atomic E-state index is 0.502. The van der Waals surface area contributed by atoms with Crippen molar-refractivity contribution in [1.82, 2.24) is 19.9 Å². The highest BCUT2D eigenvalue weighted by Gasteiger charge is 2.24. The number of hydrogen-bond donors (Lipinski definition) is 0. The Kier molecular flexibility index (Phi) is 4.18. The maximum Gasteiger partial charge on any atom is 0.150 e. The molecule has 0 bridgehead atoms. The molecule has 3 rings (SSSR count). The van der Waals surface area contributed by atoms with Crippen LogP contribution in [0, 0.1) is 13.8 Å². The number of aryl methyl sites for hydroxylation is 2. The van der Waals surface area contributed by atoms with Crippen molar-refractivity contribution >= 4 is 11.6 Å². The summed E-state index contributed by atoms with van der Waals surface area (Å²) in [6.07, 6.45) is 7.34. The van der Waals surface area contributed by atoms with Crippen molar-refractivity contribution in [3.05, 3.63) is 36.2 Å².